The van der Waals surface area contributed by atoms with E-state index in [1.165, 1.54) is 11.1 Å². The van der Waals surface area contributed by atoms with E-state index in [4.69, 9.17) is 5.73 Å². The average molecular weight is 237 g/mol. The number of fused-ring (bicyclic) bond motifs is 4. The van der Waals surface area contributed by atoms with Crippen molar-refractivity contribution in [3.63, 3.8) is 0 Å². The Hall–Kier alpha value is -1.29. The van der Waals surface area contributed by atoms with Crippen LogP contribution in [0.3, 0.4) is 0 Å². The van der Waals surface area contributed by atoms with E-state index in [1.807, 2.05) is 16.7 Å². The summed E-state index contributed by atoms with van der Waals surface area (Å²) >= 11 is 3.41. The van der Waals surface area contributed by atoms with Gasteiger partial charge in [0.15, 0.2) is 0 Å². The van der Waals surface area contributed by atoms with Crippen LogP contribution in [0.25, 0.3) is 16.6 Å². The molecule has 1 aromatic carbocycles. The Labute approximate surface area is 82.3 Å². The van der Waals surface area contributed by atoms with Crippen LogP contribution in [0.1, 0.15) is 10.4 Å². The number of hydrogen-bond donors (Lipinski definition) is 1. The molecule has 0 saturated heterocycles. The van der Waals surface area contributed by atoms with Crippen molar-refractivity contribution in [2.24, 2.45) is 5.73 Å². The maximum Gasteiger partial charge on any atom is 0.248 e. The van der Waals surface area contributed by atoms with Crippen LogP contribution in [0.5, 0.6) is 0 Å². The summed E-state index contributed by atoms with van der Waals surface area (Å²) in [5.74, 6) is -0.380. The molecule has 0 atom stereocenters. The first-order chi connectivity index (χ1) is 6.20. The lowest BCUT2D eigenvalue weighted by Crippen LogP contribution is -2.11. The fourth-order valence-electron chi connectivity index (χ4n) is 1.62. The molecule has 1 amide bonds. The summed E-state index contributed by atoms with van der Waals surface area (Å²) in [6.45, 7) is 0. The van der Waals surface area contributed by atoms with Crippen LogP contribution in [-0.2, 0) is 0 Å². The molecule has 2 N–H and O–H groups in total. The predicted octanol–water partition coefficient (Wildman–Crippen LogP) is 1.81. The minimum absolute atomic E-state index is 0.380. The van der Waals surface area contributed by atoms with E-state index in [0.29, 0.717) is 5.56 Å². The van der Waals surface area contributed by atoms with E-state index in [9.17, 15) is 4.79 Å². The Morgan fingerprint density at radius 1 is 1.46 bits per heavy atom. The van der Waals surface area contributed by atoms with Crippen molar-refractivity contribution in [2.75, 3.05) is 0 Å². The largest absolute Gasteiger partial charge is 0.366 e. The van der Waals surface area contributed by atoms with E-state index >= 15 is 0 Å². The lowest BCUT2D eigenvalue weighted by atomic mass is 10.1. The smallest absolute Gasteiger partial charge is 0.248 e. The monoisotopic (exact) mass is 236 g/mol. The number of benzene rings is 1. The highest BCUT2D eigenvalue weighted by Gasteiger charge is 2.30. The highest BCUT2D eigenvalue weighted by atomic mass is 79.9. The molecular weight excluding hydrogens is 232 g/mol. The van der Waals surface area contributed by atoms with Gasteiger partial charge in [-0.3, -0.25) is 9.36 Å². The summed E-state index contributed by atoms with van der Waals surface area (Å²) in [5, 5.41) is 1.19. The number of nitrogens with zero attached hydrogens (tertiary/aromatic N) is 1. The Morgan fingerprint density at radius 3 is 2.92 bits per heavy atom. The van der Waals surface area contributed by atoms with Gasteiger partial charge in [0.25, 0.3) is 0 Å². The number of carbonyl (C=O) groups excluding carboxylic acids is 1. The molecule has 4 heteroatoms. The van der Waals surface area contributed by atoms with E-state index in [-0.39, 0.29) is 5.91 Å². The molecule has 3 rings (SSSR count). The third-order valence-electron chi connectivity index (χ3n) is 2.34. The van der Waals surface area contributed by atoms with Crippen molar-refractivity contribution in [2.45, 2.75) is 0 Å². The van der Waals surface area contributed by atoms with Crippen molar-refractivity contribution in [3.8, 4) is 5.69 Å². The molecule has 0 radical (unpaired) electrons. The van der Waals surface area contributed by atoms with E-state index in [2.05, 4.69) is 15.9 Å². The number of nitrogens with two attached hydrogens (primary N) is 1. The highest BCUT2D eigenvalue weighted by molar-refractivity contribution is 9.10. The molecule has 13 heavy (non-hydrogen) atoms. The topological polar surface area (TPSA) is 48.0 Å². The maximum absolute atomic E-state index is 10.9. The van der Waals surface area contributed by atoms with Crippen LogP contribution in [-0.4, -0.2) is 10.5 Å². The van der Waals surface area contributed by atoms with E-state index in [1.54, 1.807) is 6.07 Å². The van der Waals surface area contributed by atoms with Gasteiger partial charge >= 0.3 is 0 Å². The van der Waals surface area contributed by atoms with E-state index < -0.39 is 0 Å². The average Bonchev–Trinajstić information content (AvgIpc) is 2.64. The second-order valence-corrected chi connectivity index (χ2v) is 3.82. The SMILES string of the molecule is NC(=O)c1ccc2c3c(Br)n-3c2c1. The van der Waals surface area contributed by atoms with Crippen molar-refractivity contribution >= 4 is 32.7 Å². The fraction of sp³-hybridized carbons (Fsp3) is 0. The number of hydrogen-bond acceptors (Lipinski definition) is 1. The van der Waals surface area contributed by atoms with Crippen molar-refractivity contribution in [1.82, 2.24) is 4.57 Å². The summed E-state index contributed by atoms with van der Waals surface area (Å²) in [5.41, 5.74) is 8.02. The Kier molecular flexibility index (Phi) is 1.08. The molecule has 0 fully saturated rings. The molecule has 1 aromatic rings. The van der Waals surface area contributed by atoms with Gasteiger partial charge in [-0.15, -0.1) is 0 Å². The zero-order valence-corrected chi connectivity index (χ0v) is 8.13. The summed E-state index contributed by atoms with van der Waals surface area (Å²) < 4.78 is 3.14. The summed E-state index contributed by atoms with van der Waals surface area (Å²) in [4.78, 5) is 10.9. The van der Waals surface area contributed by atoms with Gasteiger partial charge in [-0.1, -0.05) is 0 Å². The molecule has 0 aromatic heterocycles. The quantitative estimate of drug-likeness (QED) is 0.689. The molecule has 2 aliphatic rings. The number of rotatable bonds is 1. The van der Waals surface area contributed by atoms with Crippen molar-refractivity contribution < 1.29 is 4.79 Å². The van der Waals surface area contributed by atoms with Gasteiger partial charge in [-0.25, -0.2) is 0 Å². The first-order valence-electron chi connectivity index (χ1n) is 3.84. The number of aromatic nitrogens is 1. The zero-order valence-electron chi connectivity index (χ0n) is 6.54. The molecule has 2 heterocycles. The van der Waals surface area contributed by atoms with Crippen molar-refractivity contribution in [1.29, 1.82) is 0 Å². The molecule has 64 valence electrons. The van der Waals surface area contributed by atoms with Gasteiger partial charge in [0, 0.05) is 10.9 Å². The fourth-order valence-corrected chi connectivity index (χ4v) is 2.29. The molecule has 0 saturated carbocycles. The third kappa shape index (κ3) is 0.715. The van der Waals surface area contributed by atoms with Gasteiger partial charge in [0.05, 0.1) is 11.2 Å². The Bertz CT molecular complexity index is 556. The maximum atomic E-state index is 10.9. The van der Waals surface area contributed by atoms with Crippen LogP contribution in [0.4, 0.5) is 0 Å². The van der Waals surface area contributed by atoms with Gasteiger partial charge in [0.2, 0.25) is 5.91 Å². The molecule has 0 aliphatic carbocycles. The van der Waals surface area contributed by atoms with Crippen molar-refractivity contribution in [3.05, 3.63) is 28.4 Å². The number of amides is 1. The zero-order chi connectivity index (χ0) is 9.16. The highest BCUT2D eigenvalue weighted by Crippen LogP contribution is 2.48. The van der Waals surface area contributed by atoms with Gasteiger partial charge < -0.3 is 5.73 Å². The van der Waals surface area contributed by atoms with E-state index in [0.717, 1.165) is 10.1 Å². The van der Waals surface area contributed by atoms with Gasteiger partial charge in [0.1, 0.15) is 4.60 Å². The normalized spacial score (nSPS) is 12.1. The second kappa shape index (κ2) is 1.96. The Balaban J connectivity index is 2.30. The van der Waals surface area contributed by atoms with Crippen LogP contribution in [0.15, 0.2) is 22.8 Å². The van der Waals surface area contributed by atoms with Crippen LogP contribution in [0, 0.1) is 0 Å². The predicted molar refractivity (Wildman–Crippen MR) is 53.1 cm³/mol. The summed E-state index contributed by atoms with van der Waals surface area (Å²) in [6, 6.07) is 5.50. The third-order valence-corrected chi connectivity index (χ3v) is 3.07. The molecule has 0 bridgehead atoms. The minimum Gasteiger partial charge on any atom is -0.366 e. The standard InChI is InChI=1S/C9H5BrN2O/c10-8-7-5-2-1-4(9(11)13)3-6(5)12(7)8/h1-3H,(H2,11,13). The van der Waals surface area contributed by atoms with Crippen LogP contribution in [0.2, 0.25) is 0 Å². The first-order valence-corrected chi connectivity index (χ1v) is 4.63. The van der Waals surface area contributed by atoms with Crippen LogP contribution < -0.4 is 5.73 Å². The lowest BCUT2D eigenvalue weighted by molar-refractivity contribution is 0.100. The second-order valence-electron chi connectivity index (χ2n) is 3.07. The lowest BCUT2D eigenvalue weighted by Gasteiger charge is -2.05. The summed E-state index contributed by atoms with van der Waals surface area (Å²) in [7, 11) is 0. The molecule has 2 aliphatic heterocycles. The molecule has 0 unspecified atom stereocenters. The molecule has 3 nitrogen and oxygen atoms in total. The van der Waals surface area contributed by atoms with Gasteiger partial charge in [-0.2, -0.15) is 0 Å². The minimum atomic E-state index is -0.380. The number of primary amides is 1. The molecule has 0 spiro atoms. The molecular formula is C9H5BrN2O. The van der Waals surface area contributed by atoms with Crippen LogP contribution >= 0.6 is 15.9 Å². The number of halogens is 1. The summed E-state index contributed by atoms with van der Waals surface area (Å²) in [6.07, 6.45) is 0. The first kappa shape index (κ1) is 7.15. The number of carbonyl (C=O) groups is 1. The van der Waals surface area contributed by atoms with Gasteiger partial charge in [-0.05, 0) is 34.1 Å². The Morgan fingerprint density at radius 2 is 2.23 bits per heavy atom.